The SMILES string of the molecule is CC(C)(N)c1nc(C2CCCC2)cc(=O)[nH]1. The van der Waals surface area contributed by atoms with Crippen molar-refractivity contribution in [1.82, 2.24) is 9.97 Å². The van der Waals surface area contributed by atoms with E-state index in [4.69, 9.17) is 5.73 Å². The number of aromatic amines is 1. The molecule has 1 aromatic heterocycles. The molecule has 0 atom stereocenters. The Morgan fingerprint density at radius 2 is 2.06 bits per heavy atom. The van der Waals surface area contributed by atoms with Gasteiger partial charge in [-0.15, -0.1) is 0 Å². The van der Waals surface area contributed by atoms with Crippen molar-refractivity contribution in [3.8, 4) is 0 Å². The predicted molar refractivity (Wildman–Crippen MR) is 63.3 cm³/mol. The Balaban J connectivity index is 2.39. The van der Waals surface area contributed by atoms with Crippen LogP contribution in [0.3, 0.4) is 0 Å². The molecule has 0 aliphatic heterocycles. The highest BCUT2D eigenvalue weighted by atomic mass is 16.1. The number of nitrogens with one attached hydrogen (secondary N) is 1. The van der Waals surface area contributed by atoms with Gasteiger partial charge in [0.1, 0.15) is 5.82 Å². The number of nitrogens with two attached hydrogens (primary N) is 1. The molecular weight excluding hydrogens is 202 g/mol. The lowest BCUT2D eigenvalue weighted by Gasteiger charge is -2.19. The summed E-state index contributed by atoms with van der Waals surface area (Å²) < 4.78 is 0. The third-order valence-corrected chi connectivity index (χ3v) is 3.15. The number of rotatable bonds is 2. The fraction of sp³-hybridized carbons (Fsp3) is 0.667. The normalized spacial score (nSPS) is 17.9. The van der Waals surface area contributed by atoms with Gasteiger partial charge in [-0.3, -0.25) is 4.79 Å². The van der Waals surface area contributed by atoms with E-state index in [0.717, 1.165) is 18.5 Å². The molecule has 0 amide bonds. The number of hydrogen-bond donors (Lipinski definition) is 2. The van der Waals surface area contributed by atoms with Crippen LogP contribution in [0.2, 0.25) is 0 Å². The molecule has 0 saturated heterocycles. The van der Waals surface area contributed by atoms with E-state index in [2.05, 4.69) is 9.97 Å². The molecule has 0 unspecified atom stereocenters. The van der Waals surface area contributed by atoms with Crippen LogP contribution in [0.4, 0.5) is 0 Å². The monoisotopic (exact) mass is 221 g/mol. The lowest BCUT2D eigenvalue weighted by Crippen LogP contribution is -2.34. The van der Waals surface area contributed by atoms with E-state index < -0.39 is 5.54 Å². The minimum atomic E-state index is -0.590. The number of nitrogens with zero attached hydrogens (tertiary/aromatic N) is 1. The molecule has 1 fully saturated rings. The minimum Gasteiger partial charge on any atom is -0.319 e. The quantitative estimate of drug-likeness (QED) is 0.797. The first-order chi connectivity index (χ1) is 7.47. The Hall–Kier alpha value is -1.16. The Morgan fingerprint density at radius 3 is 2.62 bits per heavy atom. The van der Waals surface area contributed by atoms with Crippen molar-refractivity contribution in [3.05, 3.63) is 27.9 Å². The summed E-state index contributed by atoms with van der Waals surface area (Å²) in [4.78, 5) is 18.8. The van der Waals surface area contributed by atoms with Crippen molar-refractivity contribution in [2.45, 2.75) is 51.0 Å². The van der Waals surface area contributed by atoms with Crippen LogP contribution in [0.1, 0.15) is 57.0 Å². The van der Waals surface area contributed by atoms with Crippen LogP contribution in [0.15, 0.2) is 10.9 Å². The molecule has 0 bridgehead atoms. The zero-order valence-corrected chi connectivity index (χ0v) is 9.92. The molecule has 0 spiro atoms. The third kappa shape index (κ3) is 2.32. The molecule has 1 heterocycles. The van der Waals surface area contributed by atoms with Gasteiger partial charge in [0.05, 0.1) is 11.2 Å². The van der Waals surface area contributed by atoms with Crippen LogP contribution >= 0.6 is 0 Å². The fourth-order valence-electron chi connectivity index (χ4n) is 2.21. The van der Waals surface area contributed by atoms with Gasteiger partial charge < -0.3 is 10.7 Å². The maximum atomic E-state index is 11.6. The molecule has 1 saturated carbocycles. The summed E-state index contributed by atoms with van der Waals surface area (Å²) in [6.07, 6.45) is 4.75. The Bertz CT molecular complexity index is 425. The van der Waals surface area contributed by atoms with Crippen LogP contribution in [-0.2, 0) is 5.54 Å². The zero-order chi connectivity index (χ0) is 11.8. The van der Waals surface area contributed by atoms with Crippen molar-refractivity contribution in [3.63, 3.8) is 0 Å². The fourth-order valence-corrected chi connectivity index (χ4v) is 2.21. The highest BCUT2D eigenvalue weighted by molar-refractivity contribution is 5.13. The van der Waals surface area contributed by atoms with Gasteiger partial charge in [0.2, 0.25) is 0 Å². The van der Waals surface area contributed by atoms with Crippen molar-refractivity contribution in [1.29, 1.82) is 0 Å². The van der Waals surface area contributed by atoms with Gasteiger partial charge >= 0.3 is 0 Å². The second-order valence-corrected chi connectivity index (χ2v) is 5.22. The first-order valence-electron chi connectivity index (χ1n) is 5.87. The molecule has 2 rings (SSSR count). The first-order valence-corrected chi connectivity index (χ1v) is 5.87. The molecule has 0 aromatic carbocycles. The van der Waals surface area contributed by atoms with Crippen molar-refractivity contribution >= 4 is 0 Å². The van der Waals surface area contributed by atoms with Gasteiger partial charge in [-0.2, -0.15) is 0 Å². The molecule has 4 heteroatoms. The molecule has 1 aromatic rings. The summed E-state index contributed by atoms with van der Waals surface area (Å²) in [6, 6.07) is 1.62. The van der Waals surface area contributed by atoms with E-state index in [1.165, 1.54) is 12.8 Å². The highest BCUT2D eigenvalue weighted by Crippen LogP contribution is 2.32. The summed E-state index contributed by atoms with van der Waals surface area (Å²) in [5.74, 6) is 1.03. The smallest absolute Gasteiger partial charge is 0.251 e. The Labute approximate surface area is 95.3 Å². The van der Waals surface area contributed by atoms with E-state index in [0.29, 0.717) is 11.7 Å². The maximum Gasteiger partial charge on any atom is 0.251 e. The molecule has 1 aliphatic carbocycles. The van der Waals surface area contributed by atoms with E-state index >= 15 is 0 Å². The minimum absolute atomic E-state index is 0.0922. The summed E-state index contributed by atoms with van der Waals surface area (Å²) in [5, 5.41) is 0. The molecule has 0 radical (unpaired) electrons. The van der Waals surface area contributed by atoms with Crippen molar-refractivity contribution in [2.24, 2.45) is 5.73 Å². The van der Waals surface area contributed by atoms with Gasteiger partial charge in [-0.05, 0) is 26.7 Å². The Kier molecular flexibility index (Phi) is 2.84. The third-order valence-electron chi connectivity index (χ3n) is 3.15. The van der Waals surface area contributed by atoms with Crippen molar-refractivity contribution < 1.29 is 0 Å². The van der Waals surface area contributed by atoms with Crippen LogP contribution in [0.5, 0.6) is 0 Å². The van der Waals surface area contributed by atoms with E-state index in [1.807, 2.05) is 13.8 Å². The summed E-state index contributed by atoms with van der Waals surface area (Å²) in [7, 11) is 0. The molecule has 4 nitrogen and oxygen atoms in total. The van der Waals surface area contributed by atoms with E-state index in [9.17, 15) is 4.79 Å². The molecule has 1 aliphatic rings. The lowest BCUT2D eigenvalue weighted by molar-refractivity contribution is 0.503. The van der Waals surface area contributed by atoms with Gasteiger partial charge in [0.15, 0.2) is 0 Å². The number of aromatic nitrogens is 2. The average Bonchev–Trinajstić information content (AvgIpc) is 2.68. The predicted octanol–water partition coefficient (Wildman–Crippen LogP) is 1.62. The van der Waals surface area contributed by atoms with Crippen LogP contribution in [0, 0.1) is 0 Å². The van der Waals surface area contributed by atoms with E-state index in [1.54, 1.807) is 6.07 Å². The molecule has 3 N–H and O–H groups in total. The molecule has 16 heavy (non-hydrogen) atoms. The second-order valence-electron chi connectivity index (χ2n) is 5.22. The summed E-state index contributed by atoms with van der Waals surface area (Å²) in [6.45, 7) is 3.70. The van der Waals surface area contributed by atoms with Crippen molar-refractivity contribution in [2.75, 3.05) is 0 Å². The van der Waals surface area contributed by atoms with Gasteiger partial charge in [0, 0.05) is 12.0 Å². The van der Waals surface area contributed by atoms with Crippen LogP contribution < -0.4 is 11.3 Å². The number of H-pyrrole nitrogens is 1. The molecular formula is C12H19N3O. The Morgan fingerprint density at radius 1 is 1.44 bits per heavy atom. The average molecular weight is 221 g/mol. The largest absolute Gasteiger partial charge is 0.319 e. The summed E-state index contributed by atoms with van der Waals surface area (Å²) >= 11 is 0. The zero-order valence-electron chi connectivity index (χ0n) is 9.92. The first kappa shape index (κ1) is 11.3. The van der Waals surface area contributed by atoms with Gasteiger partial charge in [-0.25, -0.2) is 4.98 Å². The summed E-state index contributed by atoms with van der Waals surface area (Å²) in [5.41, 5.74) is 6.19. The second kappa shape index (κ2) is 4.01. The lowest BCUT2D eigenvalue weighted by atomic mass is 10.0. The van der Waals surface area contributed by atoms with Gasteiger partial charge in [0.25, 0.3) is 5.56 Å². The topological polar surface area (TPSA) is 71.8 Å². The van der Waals surface area contributed by atoms with Crippen LogP contribution in [-0.4, -0.2) is 9.97 Å². The highest BCUT2D eigenvalue weighted by Gasteiger charge is 2.23. The standard InChI is InChI=1S/C12H19N3O/c1-12(2,13)11-14-9(7-10(16)15-11)8-5-3-4-6-8/h7-8H,3-6,13H2,1-2H3,(H,14,15,16). The molecule has 88 valence electrons. The van der Waals surface area contributed by atoms with Crippen LogP contribution in [0.25, 0.3) is 0 Å². The number of hydrogen-bond acceptors (Lipinski definition) is 3. The maximum absolute atomic E-state index is 11.6. The van der Waals surface area contributed by atoms with Gasteiger partial charge in [-0.1, -0.05) is 12.8 Å². The van der Waals surface area contributed by atoms with E-state index in [-0.39, 0.29) is 5.56 Å².